The van der Waals surface area contributed by atoms with E-state index in [2.05, 4.69) is 10.6 Å². The van der Waals surface area contributed by atoms with Gasteiger partial charge in [-0.05, 0) is 75.6 Å². The van der Waals surface area contributed by atoms with Crippen LogP contribution in [0, 0.1) is 0 Å². The smallest absolute Gasteiger partial charge is 0.319 e. The summed E-state index contributed by atoms with van der Waals surface area (Å²) in [6, 6.07) is 13.7. The molecule has 3 N–H and O–H groups in total. The lowest BCUT2D eigenvalue weighted by Crippen LogP contribution is -2.36. The molecule has 0 aliphatic rings. The fourth-order valence-electron chi connectivity index (χ4n) is 2.90. The van der Waals surface area contributed by atoms with Crippen molar-refractivity contribution in [2.24, 2.45) is 0 Å². The fourth-order valence-corrected chi connectivity index (χ4v) is 2.90. The van der Waals surface area contributed by atoms with E-state index in [9.17, 15) is 14.7 Å². The van der Waals surface area contributed by atoms with Crippen LogP contribution in [0.5, 0.6) is 5.75 Å². The van der Waals surface area contributed by atoms with Gasteiger partial charge in [-0.25, -0.2) is 4.79 Å². The van der Waals surface area contributed by atoms with Crippen LogP contribution in [-0.2, 0) is 6.42 Å². The maximum Gasteiger partial charge on any atom is 0.319 e. The van der Waals surface area contributed by atoms with E-state index >= 15 is 0 Å². The van der Waals surface area contributed by atoms with Gasteiger partial charge in [0.25, 0.3) is 5.91 Å². The number of benzene rings is 2. The summed E-state index contributed by atoms with van der Waals surface area (Å²) in [5, 5.41) is 15.0. The van der Waals surface area contributed by atoms with Crippen molar-refractivity contribution in [1.82, 2.24) is 10.2 Å². The predicted molar refractivity (Wildman–Crippen MR) is 112 cm³/mol. The van der Waals surface area contributed by atoms with Crippen LogP contribution in [0.1, 0.15) is 43.1 Å². The molecule has 0 saturated carbocycles. The molecule has 1 unspecified atom stereocenters. The van der Waals surface area contributed by atoms with Gasteiger partial charge in [0.15, 0.2) is 0 Å². The maximum atomic E-state index is 12.3. The Hall–Kier alpha value is -3.02. The van der Waals surface area contributed by atoms with Crippen molar-refractivity contribution >= 4 is 17.6 Å². The SMILES string of the molecule is CCN(CC)C(=O)c1ccc(NC(=O)NC(C)CCc2ccc(O)cc2)cc1. The first-order chi connectivity index (χ1) is 13.4. The highest BCUT2D eigenvalue weighted by Crippen LogP contribution is 2.13. The highest BCUT2D eigenvalue weighted by molar-refractivity contribution is 5.95. The van der Waals surface area contributed by atoms with E-state index in [0.717, 1.165) is 18.4 Å². The molecule has 6 heteroatoms. The standard InChI is InChI=1S/C22H29N3O3/c1-4-25(5-2)21(27)18-10-12-19(13-11-18)24-22(28)23-16(3)6-7-17-8-14-20(26)15-9-17/h8-16,26H,4-7H2,1-3H3,(H2,23,24,28). The summed E-state index contributed by atoms with van der Waals surface area (Å²) in [5.74, 6) is 0.239. The number of urea groups is 1. The maximum absolute atomic E-state index is 12.3. The van der Waals surface area contributed by atoms with Crippen LogP contribution in [0.2, 0.25) is 0 Å². The summed E-state index contributed by atoms with van der Waals surface area (Å²) in [5.41, 5.74) is 2.36. The number of hydrogen-bond acceptors (Lipinski definition) is 3. The first-order valence-electron chi connectivity index (χ1n) is 9.67. The van der Waals surface area contributed by atoms with Crippen LogP contribution < -0.4 is 10.6 Å². The molecule has 150 valence electrons. The van der Waals surface area contributed by atoms with Gasteiger partial charge in [-0.3, -0.25) is 4.79 Å². The van der Waals surface area contributed by atoms with Gasteiger partial charge in [-0.2, -0.15) is 0 Å². The van der Waals surface area contributed by atoms with Crippen LogP contribution in [0.3, 0.4) is 0 Å². The number of carbonyl (C=O) groups is 2. The van der Waals surface area contributed by atoms with E-state index in [0.29, 0.717) is 24.3 Å². The van der Waals surface area contributed by atoms with E-state index in [1.54, 1.807) is 41.3 Å². The zero-order chi connectivity index (χ0) is 20.5. The minimum absolute atomic E-state index is 0.00248. The molecule has 3 amide bonds. The van der Waals surface area contributed by atoms with Gasteiger partial charge in [0.1, 0.15) is 5.75 Å². The molecular weight excluding hydrogens is 354 g/mol. The molecule has 0 spiro atoms. The van der Waals surface area contributed by atoms with E-state index in [-0.39, 0.29) is 23.7 Å². The van der Waals surface area contributed by atoms with Crippen LogP contribution in [0.25, 0.3) is 0 Å². The highest BCUT2D eigenvalue weighted by atomic mass is 16.3. The van der Waals surface area contributed by atoms with Crippen LogP contribution in [0.4, 0.5) is 10.5 Å². The second kappa shape index (κ2) is 10.3. The van der Waals surface area contributed by atoms with Crippen LogP contribution >= 0.6 is 0 Å². The lowest BCUT2D eigenvalue weighted by Gasteiger charge is -2.19. The molecule has 0 aromatic heterocycles. The van der Waals surface area contributed by atoms with Gasteiger partial charge in [-0.1, -0.05) is 12.1 Å². The molecule has 0 radical (unpaired) electrons. The number of nitrogens with one attached hydrogen (secondary N) is 2. The van der Waals surface area contributed by atoms with Crippen molar-refractivity contribution in [2.75, 3.05) is 18.4 Å². The van der Waals surface area contributed by atoms with Crippen molar-refractivity contribution in [3.8, 4) is 5.75 Å². The van der Waals surface area contributed by atoms with Gasteiger partial charge in [0.2, 0.25) is 0 Å². The molecule has 0 aliphatic carbocycles. The number of phenols is 1. The summed E-state index contributed by atoms with van der Waals surface area (Å²) in [6.07, 6.45) is 1.60. The van der Waals surface area contributed by atoms with Gasteiger partial charge in [-0.15, -0.1) is 0 Å². The van der Waals surface area contributed by atoms with E-state index in [1.807, 2.05) is 32.9 Å². The number of anilines is 1. The molecule has 2 rings (SSSR count). The van der Waals surface area contributed by atoms with Crippen molar-refractivity contribution in [3.05, 3.63) is 59.7 Å². The first kappa shape index (κ1) is 21.3. The van der Waals surface area contributed by atoms with Crippen molar-refractivity contribution in [2.45, 2.75) is 39.7 Å². The Kier molecular flexibility index (Phi) is 7.87. The molecule has 0 saturated heterocycles. The van der Waals surface area contributed by atoms with E-state index in [4.69, 9.17) is 0 Å². The van der Waals surface area contributed by atoms with Gasteiger partial charge in [0, 0.05) is 30.4 Å². The van der Waals surface area contributed by atoms with Crippen LogP contribution in [0.15, 0.2) is 48.5 Å². The number of phenolic OH excluding ortho intramolecular Hbond substituents is 1. The van der Waals surface area contributed by atoms with Crippen molar-refractivity contribution < 1.29 is 14.7 Å². The summed E-state index contributed by atoms with van der Waals surface area (Å²) < 4.78 is 0. The number of aryl methyl sites for hydroxylation is 1. The second-order valence-corrected chi connectivity index (χ2v) is 6.76. The Balaban J connectivity index is 1.81. The fraction of sp³-hybridized carbons (Fsp3) is 0.364. The highest BCUT2D eigenvalue weighted by Gasteiger charge is 2.13. The molecule has 0 bridgehead atoms. The predicted octanol–water partition coefficient (Wildman–Crippen LogP) is 4.02. The largest absolute Gasteiger partial charge is 0.508 e. The number of hydrogen-bond donors (Lipinski definition) is 3. The summed E-state index contributed by atoms with van der Waals surface area (Å²) in [4.78, 5) is 26.2. The quantitative estimate of drug-likeness (QED) is 0.644. The Morgan fingerprint density at radius 1 is 1.00 bits per heavy atom. The monoisotopic (exact) mass is 383 g/mol. The molecule has 0 fully saturated rings. The van der Waals surface area contributed by atoms with Gasteiger partial charge < -0.3 is 20.6 Å². The molecule has 0 heterocycles. The Labute approximate surface area is 166 Å². The average Bonchev–Trinajstić information content (AvgIpc) is 2.69. The zero-order valence-corrected chi connectivity index (χ0v) is 16.7. The number of amides is 3. The molecule has 28 heavy (non-hydrogen) atoms. The topological polar surface area (TPSA) is 81.7 Å². The zero-order valence-electron chi connectivity index (χ0n) is 16.7. The lowest BCUT2D eigenvalue weighted by molar-refractivity contribution is 0.0773. The van der Waals surface area contributed by atoms with E-state index in [1.165, 1.54) is 0 Å². The third kappa shape index (κ3) is 6.30. The Morgan fingerprint density at radius 3 is 2.18 bits per heavy atom. The number of carbonyl (C=O) groups excluding carboxylic acids is 2. The minimum Gasteiger partial charge on any atom is -0.508 e. The number of aromatic hydroxyl groups is 1. The van der Waals surface area contributed by atoms with Gasteiger partial charge >= 0.3 is 6.03 Å². The number of rotatable bonds is 8. The molecule has 2 aromatic carbocycles. The lowest BCUT2D eigenvalue weighted by atomic mass is 10.1. The molecule has 1 atom stereocenters. The average molecular weight is 383 g/mol. The number of nitrogens with zero attached hydrogens (tertiary/aromatic N) is 1. The molecule has 6 nitrogen and oxygen atoms in total. The van der Waals surface area contributed by atoms with Crippen molar-refractivity contribution in [1.29, 1.82) is 0 Å². The second-order valence-electron chi connectivity index (χ2n) is 6.76. The summed E-state index contributed by atoms with van der Waals surface area (Å²) in [7, 11) is 0. The van der Waals surface area contributed by atoms with E-state index < -0.39 is 0 Å². The van der Waals surface area contributed by atoms with Crippen molar-refractivity contribution in [3.63, 3.8) is 0 Å². The summed E-state index contributed by atoms with van der Waals surface area (Å²) >= 11 is 0. The Bertz CT molecular complexity index is 769. The normalized spacial score (nSPS) is 11.5. The summed E-state index contributed by atoms with van der Waals surface area (Å²) in [6.45, 7) is 7.18. The molecule has 0 aliphatic heterocycles. The Morgan fingerprint density at radius 2 is 1.61 bits per heavy atom. The van der Waals surface area contributed by atoms with Gasteiger partial charge in [0.05, 0.1) is 0 Å². The first-order valence-corrected chi connectivity index (χ1v) is 9.67. The molecular formula is C22H29N3O3. The van der Waals surface area contributed by atoms with Crippen LogP contribution in [-0.4, -0.2) is 41.1 Å². The molecule has 2 aromatic rings. The minimum atomic E-state index is -0.277. The third-order valence-corrected chi connectivity index (χ3v) is 4.62. The third-order valence-electron chi connectivity index (χ3n) is 4.62.